The minimum Gasteiger partial charge on any atom is -0.377 e. The molecule has 0 aromatic heterocycles. The highest BCUT2D eigenvalue weighted by atomic mass is 19.1. The first kappa shape index (κ1) is 12.0. The highest BCUT2D eigenvalue weighted by molar-refractivity contribution is 5.85. The van der Waals surface area contributed by atoms with Gasteiger partial charge in [-0.2, -0.15) is 0 Å². The smallest absolute Gasteiger partial charge is 0.152 e. The number of morpholine rings is 1. The third kappa shape index (κ3) is 2.31. The number of aldehydes is 1. The van der Waals surface area contributed by atoms with Gasteiger partial charge in [0.05, 0.1) is 24.9 Å². The van der Waals surface area contributed by atoms with E-state index < -0.39 is 0 Å². The Morgan fingerprint density at radius 2 is 2.41 bits per heavy atom. The van der Waals surface area contributed by atoms with Crippen LogP contribution in [0.25, 0.3) is 0 Å². The summed E-state index contributed by atoms with van der Waals surface area (Å²) in [5, 5.41) is 0. The van der Waals surface area contributed by atoms with Crippen LogP contribution in [0.5, 0.6) is 0 Å². The number of hydrogen-bond acceptors (Lipinski definition) is 3. The van der Waals surface area contributed by atoms with Crippen LogP contribution >= 0.6 is 0 Å². The molecule has 3 nitrogen and oxygen atoms in total. The first-order valence-electron chi connectivity index (χ1n) is 5.86. The molecule has 0 spiro atoms. The third-order valence-corrected chi connectivity index (χ3v) is 3.13. The van der Waals surface area contributed by atoms with Gasteiger partial charge in [-0.25, -0.2) is 4.39 Å². The van der Waals surface area contributed by atoms with Gasteiger partial charge >= 0.3 is 0 Å². The van der Waals surface area contributed by atoms with Crippen LogP contribution in [0.3, 0.4) is 0 Å². The maximum Gasteiger partial charge on any atom is 0.152 e. The number of rotatable bonds is 3. The summed E-state index contributed by atoms with van der Waals surface area (Å²) < 4.78 is 19.3. The first-order valence-corrected chi connectivity index (χ1v) is 5.86. The maximum atomic E-state index is 13.9. The van der Waals surface area contributed by atoms with E-state index in [4.69, 9.17) is 4.74 Å². The molecular weight excluding hydrogens is 221 g/mol. The topological polar surface area (TPSA) is 29.5 Å². The fraction of sp³-hybridized carbons (Fsp3) is 0.462. The van der Waals surface area contributed by atoms with E-state index in [2.05, 4.69) is 0 Å². The van der Waals surface area contributed by atoms with Crippen LogP contribution < -0.4 is 4.90 Å². The Kier molecular flexibility index (Phi) is 3.74. The zero-order chi connectivity index (χ0) is 12.3. The van der Waals surface area contributed by atoms with Crippen molar-refractivity contribution in [2.45, 2.75) is 19.4 Å². The quantitative estimate of drug-likeness (QED) is 0.755. The zero-order valence-corrected chi connectivity index (χ0v) is 9.86. The number of halogens is 1. The van der Waals surface area contributed by atoms with E-state index in [9.17, 15) is 9.18 Å². The van der Waals surface area contributed by atoms with Crippen molar-refractivity contribution in [1.82, 2.24) is 0 Å². The molecule has 2 rings (SSSR count). The Bertz CT molecular complexity index is 408. The van der Waals surface area contributed by atoms with E-state index in [1.54, 1.807) is 12.1 Å². The standard InChI is InChI=1S/C13H16FNO2/c1-2-11-9-17-7-6-15(11)13-10(8-16)4-3-5-12(13)14/h3-5,8,11H,2,6-7,9H2,1H3. The van der Waals surface area contributed by atoms with Crippen LogP contribution in [-0.2, 0) is 4.74 Å². The van der Waals surface area contributed by atoms with Crippen molar-refractivity contribution in [2.24, 2.45) is 0 Å². The van der Waals surface area contributed by atoms with Crippen LogP contribution in [0.1, 0.15) is 23.7 Å². The van der Waals surface area contributed by atoms with Gasteiger partial charge in [0, 0.05) is 12.1 Å². The number of hydrogen-bond donors (Lipinski definition) is 0. The SMILES string of the molecule is CCC1COCCN1c1c(F)cccc1C=O. The molecule has 1 unspecified atom stereocenters. The second kappa shape index (κ2) is 5.27. The van der Waals surface area contributed by atoms with E-state index in [0.29, 0.717) is 37.3 Å². The average Bonchev–Trinajstić information content (AvgIpc) is 2.38. The minimum absolute atomic E-state index is 0.138. The lowest BCUT2D eigenvalue weighted by molar-refractivity contribution is 0.0923. The van der Waals surface area contributed by atoms with Crippen molar-refractivity contribution in [1.29, 1.82) is 0 Å². The van der Waals surface area contributed by atoms with Crippen LogP contribution in [0, 0.1) is 5.82 Å². The Balaban J connectivity index is 2.40. The molecule has 0 bridgehead atoms. The van der Waals surface area contributed by atoms with Crippen molar-refractivity contribution in [3.63, 3.8) is 0 Å². The van der Waals surface area contributed by atoms with Gasteiger partial charge in [-0.3, -0.25) is 4.79 Å². The van der Waals surface area contributed by atoms with Gasteiger partial charge in [-0.05, 0) is 18.6 Å². The summed E-state index contributed by atoms with van der Waals surface area (Å²) in [6.07, 6.45) is 1.58. The van der Waals surface area contributed by atoms with Gasteiger partial charge in [0.15, 0.2) is 6.29 Å². The summed E-state index contributed by atoms with van der Waals surface area (Å²) in [5.41, 5.74) is 0.822. The Labute approximate surface area is 100 Å². The van der Waals surface area contributed by atoms with E-state index in [1.165, 1.54) is 6.07 Å². The molecule has 1 aromatic carbocycles. The number of anilines is 1. The summed E-state index contributed by atoms with van der Waals surface area (Å²) >= 11 is 0. The molecule has 1 aliphatic rings. The van der Waals surface area contributed by atoms with Gasteiger partial charge in [0.25, 0.3) is 0 Å². The molecule has 1 saturated heterocycles. The van der Waals surface area contributed by atoms with Gasteiger partial charge < -0.3 is 9.64 Å². The average molecular weight is 237 g/mol. The normalized spacial score (nSPS) is 20.4. The van der Waals surface area contributed by atoms with Gasteiger partial charge in [0.2, 0.25) is 0 Å². The molecule has 4 heteroatoms. The molecule has 0 amide bonds. The Morgan fingerprint density at radius 1 is 1.59 bits per heavy atom. The maximum absolute atomic E-state index is 13.9. The van der Waals surface area contributed by atoms with Crippen LogP contribution in [0.2, 0.25) is 0 Å². The van der Waals surface area contributed by atoms with Gasteiger partial charge in [0.1, 0.15) is 5.82 Å². The fourth-order valence-corrected chi connectivity index (χ4v) is 2.22. The molecule has 1 fully saturated rings. The summed E-state index contributed by atoms with van der Waals surface area (Å²) in [5.74, 6) is -0.338. The van der Waals surface area contributed by atoms with E-state index >= 15 is 0 Å². The summed E-state index contributed by atoms with van der Waals surface area (Å²) in [6.45, 7) is 3.82. The predicted octanol–water partition coefficient (Wildman–Crippen LogP) is 2.25. The van der Waals surface area contributed by atoms with E-state index in [0.717, 1.165) is 6.42 Å². The number of ether oxygens (including phenoxy) is 1. The second-order valence-electron chi connectivity index (χ2n) is 4.13. The van der Waals surface area contributed by atoms with E-state index in [1.807, 2.05) is 11.8 Å². The van der Waals surface area contributed by atoms with Crippen molar-refractivity contribution in [3.8, 4) is 0 Å². The monoisotopic (exact) mass is 237 g/mol. The van der Waals surface area contributed by atoms with Crippen molar-refractivity contribution in [2.75, 3.05) is 24.7 Å². The molecule has 1 aromatic rings. The molecule has 0 radical (unpaired) electrons. The molecule has 0 N–H and O–H groups in total. The first-order chi connectivity index (χ1) is 8.27. The molecule has 92 valence electrons. The number of para-hydroxylation sites is 1. The molecule has 1 aliphatic heterocycles. The highest BCUT2D eigenvalue weighted by Gasteiger charge is 2.25. The van der Waals surface area contributed by atoms with Crippen molar-refractivity contribution >= 4 is 12.0 Å². The molecule has 0 aliphatic carbocycles. The van der Waals surface area contributed by atoms with Crippen molar-refractivity contribution in [3.05, 3.63) is 29.6 Å². The zero-order valence-electron chi connectivity index (χ0n) is 9.86. The lowest BCUT2D eigenvalue weighted by Gasteiger charge is -2.37. The fourth-order valence-electron chi connectivity index (χ4n) is 2.22. The number of benzene rings is 1. The van der Waals surface area contributed by atoms with Crippen LogP contribution in [0.4, 0.5) is 10.1 Å². The number of carbonyl (C=O) groups excluding carboxylic acids is 1. The van der Waals surface area contributed by atoms with Crippen LogP contribution in [0.15, 0.2) is 18.2 Å². The predicted molar refractivity (Wildman–Crippen MR) is 64.0 cm³/mol. The van der Waals surface area contributed by atoms with Crippen molar-refractivity contribution < 1.29 is 13.9 Å². The molecule has 0 saturated carbocycles. The minimum atomic E-state index is -0.338. The summed E-state index contributed by atoms with van der Waals surface area (Å²) in [6, 6.07) is 4.74. The Morgan fingerprint density at radius 3 is 3.12 bits per heavy atom. The highest BCUT2D eigenvalue weighted by Crippen LogP contribution is 2.27. The van der Waals surface area contributed by atoms with Crippen LogP contribution in [-0.4, -0.2) is 32.1 Å². The Hall–Kier alpha value is -1.42. The third-order valence-electron chi connectivity index (χ3n) is 3.13. The lowest BCUT2D eigenvalue weighted by atomic mass is 10.1. The van der Waals surface area contributed by atoms with Gasteiger partial charge in [-0.15, -0.1) is 0 Å². The summed E-state index contributed by atoms with van der Waals surface area (Å²) in [4.78, 5) is 12.9. The van der Waals surface area contributed by atoms with Gasteiger partial charge in [-0.1, -0.05) is 13.0 Å². The van der Waals surface area contributed by atoms with E-state index in [-0.39, 0.29) is 11.9 Å². The molecule has 1 heterocycles. The largest absolute Gasteiger partial charge is 0.377 e. The molecular formula is C13H16FNO2. The molecule has 1 atom stereocenters. The summed E-state index contributed by atoms with van der Waals surface area (Å²) in [7, 11) is 0. The number of carbonyl (C=O) groups is 1. The molecule has 17 heavy (non-hydrogen) atoms. The number of nitrogens with zero attached hydrogens (tertiary/aromatic N) is 1. The second-order valence-corrected chi connectivity index (χ2v) is 4.13. The lowest BCUT2D eigenvalue weighted by Crippen LogP contribution is -2.46.